The summed E-state index contributed by atoms with van der Waals surface area (Å²) >= 11 is 0. The lowest BCUT2D eigenvalue weighted by Crippen LogP contribution is -2.23. The minimum absolute atomic E-state index is 0.201. The number of aromatic carboxylic acids is 1. The molecule has 0 atom stereocenters. The highest BCUT2D eigenvalue weighted by molar-refractivity contribution is 5.91. The van der Waals surface area contributed by atoms with Gasteiger partial charge in [0.15, 0.2) is 0 Å². The van der Waals surface area contributed by atoms with Gasteiger partial charge >= 0.3 is 5.97 Å². The number of hydrogen-bond donors (Lipinski definition) is 1. The summed E-state index contributed by atoms with van der Waals surface area (Å²) < 4.78 is 5.23. The van der Waals surface area contributed by atoms with E-state index in [-0.39, 0.29) is 5.56 Å². The van der Waals surface area contributed by atoms with Crippen LogP contribution in [0.25, 0.3) is 0 Å². The van der Waals surface area contributed by atoms with Crippen molar-refractivity contribution in [2.45, 2.75) is 25.8 Å². The lowest BCUT2D eigenvalue weighted by molar-refractivity contribution is 0.0693. The van der Waals surface area contributed by atoms with Gasteiger partial charge in [-0.1, -0.05) is 24.3 Å². The van der Waals surface area contributed by atoms with Gasteiger partial charge < -0.3 is 14.7 Å². The van der Waals surface area contributed by atoms with Crippen LogP contribution < -0.4 is 9.64 Å². The molecule has 0 saturated carbocycles. The summed E-state index contributed by atoms with van der Waals surface area (Å²) in [5.41, 5.74) is 3.93. The molecule has 120 valence electrons. The maximum absolute atomic E-state index is 11.2. The minimum Gasteiger partial charge on any atom is -0.496 e. The third-order valence-corrected chi connectivity index (χ3v) is 4.33. The molecule has 4 heteroatoms. The molecule has 23 heavy (non-hydrogen) atoms. The summed E-state index contributed by atoms with van der Waals surface area (Å²) in [4.78, 5) is 13.6. The van der Waals surface area contributed by atoms with Crippen LogP contribution in [0.5, 0.6) is 5.75 Å². The molecule has 0 unspecified atom stereocenters. The van der Waals surface area contributed by atoms with Crippen LogP contribution in [-0.4, -0.2) is 24.7 Å². The number of rotatable bonds is 4. The predicted molar refractivity (Wildman–Crippen MR) is 90.4 cm³/mol. The van der Waals surface area contributed by atoms with Crippen molar-refractivity contribution in [3.05, 3.63) is 59.2 Å². The van der Waals surface area contributed by atoms with Gasteiger partial charge in [-0.3, -0.25) is 0 Å². The quantitative estimate of drug-likeness (QED) is 0.934. The highest BCUT2D eigenvalue weighted by Gasteiger charge is 2.17. The average Bonchev–Trinajstić information content (AvgIpc) is 2.77. The SMILES string of the molecule is COc1cc(CN2CCCCc3ccccc32)ccc1C(=O)O. The van der Waals surface area contributed by atoms with Crippen LogP contribution in [-0.2, 0) is 13.0 Å². The van der Waals surface area contributed by atoms with Crippen molar-refractivity contribution in [3.8, 4) is 5.75 Å². The number of fused-ring (bicyclic) bond motifs is 1. The monoisotopic (exact) mass is 311 g/mol. The number of carbonyl (C=O) groups is 1. The van der Waals surface area contributed by atoms with Crippen LogP contribution in [0.1, 0.15) is 34.3 Å². The molecule has 0 fully saturated rings. The maximum Gasteiger partial charge on any atom is 0.339 e. The van der Waals surface area contributed by atoms with E-state index in [1.165, 1.54) is 31.2 Å². The van der Waals surface area contributed by atoms with Crippen LogP contribution in [0, 0.1) is 0 Å². The number of para-hydroxylation sites is 1. The van der Waals surface area contributed by atoms with Crippen LogP contribution in [0.4, 0.5) is 5.69 Å². The molecular formula is C19H21NO3. The average molecular weight is 311 g/mol. The Balaban J connectivity index is 1.88. The Hall–Kier alpha value is -2.49. The third kappa shape index (κ3) is 3.31. The topological polar surface area (TPSA) is 49.8 Å². The van der Waals surface area contributed by atoms with E-state index in [0.29, 0.717) is 5.75 Å². The largest absolute Gasteiger partial charge is 0.496 e. The second-order valence-corrected chi connectivity index (χ2v) is 5.85. The fourth-order valence-corrected chi connectivity index (χ4v) is 3.16. The van der Waals surface area contributed by atoms with E-state index in [1.807, 2.05) is 12.1 Å². The van der Waals surface area contributed by atoms with Gasteiger partial charge in [0.1, 0.15) is 11.3 Å². The Morgan fingerprint density at radius 1 is 1.22 bits per heavy atom. The van der Waals surface area contributed by atoms with Crippen LogP contribution in [0.15, 0.2) is 42.5 Å². The number of anilines is 1. The zero-order chi connectivity index (χ0) is 16.2. The zero-order valence-electron chi connectivity index (χ0n) is 13.3. The second-order valence-electron chi connectivity index (χ2n) is 5.85. The van der Waals surface area contributed by atoms with Crippen molar-refractivity contribution in [2.24, 2.45) is 0 Å². The molecule has 0 amide bonds. The lowest BCUT2D eigenvalue weighted by atomic mass is 10.1. The number of carboxylic acids is 1. The van der Waals surface area contributed by atoms with Crippen molar-refractivity contribution in [2.75, 3.05) is 18.6 Å². The number of methoxy groups -OCH3 is 1. The zero-order valence-corrected chi connectivity index (χ0v) is 13.3. The van der Waals surface area contributed by atoms with Crippen molar-refractivity contribution in [1.29, 1.82) is 0 Å². The molecule has 1 aliphatic rings. The molecular weight excluding hydrogens is 290 g/mol. The van der Waals surface area contributed by atoms with Gasteiger partial charge in [0.2, 0.25) is 0 Å². The Morgan fingerprint density at radius 3 is 2.83 bits per heavy atom. The Morgan fingerprint density at radius 2 is 2.04 bits per heavy atom. The highest BCUT2D eigenvalue weighted by Crippen LogP contribution is 2.28. The molecule has 2 aromatic carbocycles. The van der Waals surface area contributed by atoms with Crippen molar-refractivity contribution in [3.63, 3.8) is 0 Å². The van der Waals surface area contributed by atoms with E-state index in [9.17, 15) is 9.90 Å². The van der Waals surface area contributed by atoms with Crippen molar-refractivity contribution >= 4 is 11.7 Å². The molecule has 0 saturated heterocycles. The van der Waals surface area contributed by atoms with Crippen molar-refractivity contribution < 1.29 is 14.6 Å². The number of ether oxygens (including phenoxy) is 1. The summed E-state index contributed by atoms with van der Waals surface area (Å²) in [7, 11) is 1.51. The highest BCUT2D eigenvalue weighted by atomic mass is 16.5. The van der Waals surface area contributed by atoms with E-state index in [0.717, 1.165) is 25.1 Å². The predicted octanol–water partition coefficient (Wildman–Crippen LogP) is 3.74. The number of benzene rings is 2. The number of aryl methyl sites for hydroxylation is 1. The molecule has 1 heterocycles. The molecule has 0 aliphatic carbocycles. The summed E-state index contributed by atoms with van der Waals surface area (Å²) in [5, 5.41) is 9.19. The van der Waals surface area contributed by atoms with Gasteiger partial charge in [-0.25, -0.2) is 4.79 Å². The van der Waals surface area contributed by atoms with E-state index < -0.39 is 5.97 Å². The first-order chi connectivity index (χ1) is 11.2. The van der Waals surface area contributed by atoms with Crippen LogP contribution in [0.2, 0.25) is 0 Å². The third-order valence-electron chi connectivity index (χ3n) is 4.33. The smallest absolute Gasteiger partial charge is 0.339 e. The van der Waals surface area contributed by atoms with Gasteiger partial charge in [0, 0.05) is 18.8 Å². The van der Waals surface area contributed by atoms with E-state index in [4.69, 9.17) is 4.74 Å². The van der Waals surface area contributed by atoms with Gasteiger partial charge in [0.05, 0.1) is 7.11 Å². The first-order valence-corrected chi connectivity index (χ1v) is 7.92. The van der Waals surface area contributed by atoms with Gasteiger partial charge in [-0.2, -0.15) is 0 Å². The minimum atomic E-state index is -0.964. The molecule has 4 nitrogen and oxygen atoms in total. The Kier molecular flexibility index (Phi) is 4.51. The number of hydrogen-bond acceptors (Lipinski definition) is 3. The van der Waals surface area contributed by atoms with Gasteiger partial charge in [-0.15, -0.1) is 0 Å². The first-order valence-electron chi connectivity index (χ1n) is 7.92. The summed E-state index contributed by atoms with van der Waals surface area (Å²) in [6.45, 7) is 1.77. The molecule has 3 rings (SSSR count). The molecule has 2 aromatic rings. The Labute approximate surface area is 136 Å². The second kappa shape index (κ2) is 6.73. The Bertz CT molecular complexity index is 712. The number of carboxylic acid groups (broad SMARTS) is 1. The molecule has 1 N–H and O–H groups in total. The van der Waals surface area contributed by atoms with Crippen molar-refractivity contribution in [1.82, 2.24) is 0 Å². The fraction of sp³-hybridized carbons (Fsp3) is 0.316. The van der Waals surface area contributed by atoms with Crippen LogP contribution in [0.3, 0.4) is 0 Å². The standard InChI is InChI=1S/C19H21NO3/c1-23-18-12-14(9-10-16(18)19(21)22)13-20-11-5-4-7-15-6-2-3-8-17(15)20/h2-3,6,8-10,12H,4-5,7,11,13H2,1H3,(H,21,22). The van der Waals surface area contributed by atoms with Gasteiger partial charge in [0.25, 0.3) is 0 Å². The van der Waals surface area contributed by atoms with E-state index in [2.05, 4.69) is 29.2 Å². The summed E-state index contributed by atoms with van der Waals surface area (Å²) in [5.74, 6) is -0.549. The van der Waals surface area contributed by atoms with Crippen LogP contribution >= 0.6 is 0 Å². The summed E-state index contributed by atoms with van der Waals surface area (Å²) in [6, 6.07) is 13.9. The molecule has 0 aromatic heterocycles. The van der Waals surface area contributed by atoms with Gasteiger partial charge in [-0.05, 0) is 48.6 Å². The fourth-order valence-electron chi connectivity index (χ4n) is 3.16. The summed E-state index contributed by atoms with van der Waals surface area (Å²) in [6.07, 6.45) is 3.49. The maximum atomic E-state index is 11.2. The van der Waals surface area contributed by atoms with E-state index in [1.54, 1.807) is 6.07 Å². The molecule has 0 radical (unpaired) electrons. The van der Waals surface area contributed by atoms with E-state index >= 15 is 0 Å². The normalized spacial score (nSPS) is 14.0. The number of nitrogens with zero attached hydrogens (tertiary/aromatic N) is 1. The molecule has 0 spiro atoms. The first kappa shape index (κ1) is 15.4. The molecule has 0 bridgehead atoms. The molecule has 1 aliphatic heterocycles. The lowest BCUT2D eigenvalue weighted by Gasteiger charge is -2.25.